The Morgan fingerprint density at radius 2 is 1.71 bits per heavy atom. The molecule has 0 unspecified atom stereocenters. The highest BCUT2D eigenvalue weighted by atomic mass is 28.3. The summed E-state index contributed by atoms with van der Waals surface area (Å²) in [6.07, 6.45) is 4.44. The van der Waals surface area contributed by atoms with Gasteiger partial charge in [-0.05, 0) is 18.6 Å². The first-order chi connectivity index (χ1) is 7.93. The lowest BCUT2D eigenvalue weighted by molar-refractivity contribution is 0.293. The number of hydrogen-bond acceptors (Lipinski definition) is 1. The van der Waals surface area contributed by atoms with E-state index in [-0.39, 0.29) is 0 Å². The average molecular weight is 246 g/mol. The Morgan fingerprint density at radius 3 is 2.18 bits per heavy atom. The van der Waals surface area contributed by atoms with Gasteiger partial charge >= 0.3 is 0 Å². The van der Waals surface area contributed by atoms with Crippen LogP contribution in [0.2, 0.25) is 19.6 Å². The first-order valence-corrected chi connectivity index (χ1v) is 9.43. The van der Waals surface area contributed by atoms with Crippen LogP contribution < -0.4 is 0 Å². The van der Waals surface area contributed by atoms with Gasteiger partial charge in [0.1, 0.15) is 0 Å². The van der Waals surface area contributed by atoms with Crippen molar-refractivity contribution in [3.8, 4) is 0 Å². The minimum Gasteiger partial charge on any atom is -0.501 e. The number of ether oxygens (including phenoxy) is 1. The second kappa shape index (κ2) is 5.87. The van der Waals surface area contributed by atoms with Gasteiger partial charge in [0.2, 0.25) is 0 Å². The second-order valence-electron chi connectivity index (χ2n) is 5.22. The maximum Gasteiger partial charge on any atom is 0.0923 e. The number of hydrogen-bond donors (Lipinski definition) is 0. The Hall–Kier alpha value is -1.28. The maximum atomic E-state index is 5.26. The Morgan fingerprint density at radius 1 is 1.12 bits per heavy atom. The molecule has 0 atom stereocenters. The third-order valence-corrected chi connectivity index (χ3v) is 4.69. The fraction of sp³-hybridized carbons (Fsp3) is 0.333. The second-order valence-corrected chi connectivity index (χ2v) is 10.3. The van der Waals surface area contributed by atoms with Crippen LogP contribution in [-0.2, 0) is 4.74 Å². The molecule has 0 aliphatic carbocycles. The summed E-state index contributed by atoms with van der Waals surface area (Å²) in [5.41, 5.74) is 1.25. The van der Waals surface area contributed by atoms with Crippen molar-refractivity contribution in [2.45, 2.75) is 26.6 Å². The maximum absolute atomic E-state index is 5.26. The van der Waals surface area contributed by atoms with Gasteiger partial charge in [-0.1, -0.05) is 61.2 Å². The van der Waals surface area contributed by atoms with Gasteiger partial charge in [-0.3, -0.25) is 0 Å². The van der Waals surface area contributed by atoms with E-state index in [0.29, 0.717) is 0 Å². The molecule has 1 aromatic carbocycles. The van der Waals surface area contributed by atoms with Crippen LogP contribution in [0.15, 0.2) is 47.4 Å². The molecule has 1 rings (SSSR count). The van der Waals surface area contributed by atoms with Gasteiger partial charge in [0.15, 0.2) is 0 Å². The van der Waals surface area contributed by atoms with Crippen LogP contribution in [0.1, 0.15) is 12.5 Å². The highest BCUT2D eigenvalue weighted by Gasteiger charge is 2.18. The SMILES string of the molecule is CO/C(C)=C/C(=C/c1ccccc1)[Si](C)(C)C. The van der Waals surface area contributed by atoms with Crippen molar-refractivity contribution in [1.82, 2.24) is 0 Å². The molecule has 92 valence electrons. The third kappa shape index (κ3) is 4.61. The minimum absolute atomic E-state index is 0.967. The van der Waals surface area contributed by atoms with E-state index in [1.54, 1.807) is 7.11 Å². The van der Waals surface area contributed by atoms with Crippen LogP contribution in [0.5, 0.6) is 0 Å². The Bertz CT molecular complexity index is 410. The van der Waals surface area contributed by atoms with E-state index < -0.39 is 8.07 Å². The first-order valence-electron chi connectivity index (χ1n) is 5.93. The standard InChI is InChI=1S/C15H22OSi/c1-13(16-2)11-15(17(3,4)5)12-14-9-7-6-8-10-14/h6-12H,1-5H3/b13-11+,15-12-. The lowest BCUT2D eigenvalue weighted by Gasteiger charge is -2.19. The van der Waals surface area contributed by atoms with Gasteiger partial charge < -0.3 is 4.74 Å². The molecule has 0 bridgehead atoms. The third-order valence-electron chi connectivity index (χ3n) is 2.67. The van der Waals surface area contributed by atoms with Crippen molar-refractivity contribution in [2.75, 3.05) is 7.11 Å². The van der Waals surface area contributed by atoms with Gasteiger partial charge in [-0.15, -0.1) is 0 Å². The predicted octanol–water partition coefficient (Wildman–Crippen LogP) is 4.50. The Balaban J connectivity index is 3.12. The molecule has 0 saturated heterocycles. The van der Waals surface area contributed by atoms with Crippen molar-refractivity contribution in [3.05, 3.63) is 52.9 Å². The summed E-state index contributed by atoms with van der Waals surface area (Å²) in [6.45, 7) is 9.04. The van der Waals surface area contributed by atoms with Crippen molar-refractivity contribution in [1.29, 1.82) is 0 Å². The quantitative estimate of drug-likeness (QED) is 0.432. The van der Waals surface area contributed by atoms with Crippen LogP contribution in [0.25, 0.3) is 6.08 Å². The zero-order chi connectivity index (χ0) is 12.9. The van der Waals surface area contributed by atoms with Gasteiger partial charge in [-0.25, -0.2) is 0 Å². The van der Waals surface area contributed by atoms with E-state index >= 15 is 0 Å². The summed E-state index contributed by atoms with van der Waals surface area (Å²) in [7, 11) is 0.375. The molecule has 0 saturated carbocycles. The lowest BCUT2D eigenvalue weighted by atomic mass is 10.2. The molecule has 1 aromatic rings. The summed E-state index contributed by atoms with van der Waals surface area (Å²) >= 11 is 0. The Kier molecular flexibility index (Phi) is 4.76. The molecular formula is C15H22OSi. The summed E-state index contributed by atoms with van der Waals surface area (Å²) < 4.78 is 5.26. The summed E-state index contributed by atoms with van der Waals surface area (Å²) in [6, 6.07) is 10.5. The molecule has 0 aromatic heterocycles. The zero-order valence-electron chi connectivity index (χ0n) is 11.4. The van der Waals surface area contributed by atoms with Crippen LogP contribution in [0, 0.1) is 0 Å². The van der Waals surface area contributed by atoms with Crippen LogP contribution in [0.3, 0.4) is 0 Å². The molecule has 0 N–H and O–H groups in total. The summed E-state index contributed by atoms with van der Waals surface area (Å²) in [5, 5.41) is 1.41. The highest BCUT2D eigenvalue weighted by molar-refractivity contribution is 6.84. The van der Waals surface area contributed by atoms with Crippen molar-refractivity contribution in [3.63, 3.8) is 0 Å². The van der Waals surface area contributed by atoms with Gasteiger partial charge in [0, 0.05) is 0 Å². The lowest BCUT2D eigenvalue weighted by Crippen LogP contribution is -2.23. The molecule has 0 amide bonds. The predicted molar refractivity (Wildman–Crippen MR) is 78.5 cm³/mol. The van der Waals surface area contributed by atoms with Crippen LogP contribution in [-0.4, -0.2) is 15.2 Å². The number of rotatable bonds is 4. The van der Waals surface area contributed by atoms with E-state index in [1.165, 1.54) is 10.8 Å². The molecule has 0 radical (unpaired) electrons. The molecule has 0 spiro atoms. The smallest absolute Gasteiger partial charge is 0.0923 e. The van der Waals surface area contributed by atoms with E-state index in [9.17, 15) is 0 Å². The van der Waals surface area contributed by atoms with E-state index in [1.807, 2.05) is 13.0 Å². The minimum atomic E-state index is -1.34. The number of benzene rings is 1. The molecular weight excluding hydrogens is 224 g/mol. The summed E-state index contributed by atoms with van der Waals surface area (Å²) in [4.78, 5) is 0. The van der Waals surface area contributed by atoms with Gasteiger partial charge in [0.25, 0.3) is 0 Å². The molecule has 0 fully saturated rings. The van der Waals surface area contributed by atoms with Crippen LogP contribution >= 0.6 is 0 Å². The monoisotopic (exact) mass is 246 g/mol. The number of methoxy groups -OCH3 is 1. The van der Waals surface area contributed by atoms with Crippen molar-refractivity contribution >= 4 is 14.1 Å². The molecule has 17 heavy (non-hydrogen) atoms. The zero-order valence-corrected chi connectivity index (χ0v) is 12.4. The molecule has 0 aliphatic rings. The van der Waals surface area contributed by atoms with Gasteiger partial charge in [0.05, 0.1) is 20.9 Å². The van der Waals surface area contributed by atoms with E-state index in [2.05, 4.69) is 56.1 Å². The highest BCUT2D eigenvalue weighted by Crippen LogP contribution is 2.21. The first kappa shape index (κ1) is 13.8. The molecule has 1 nitrogen and oxygen atoms in total. The van der Waals surface area contributed by atoms with Crippen molar-refractivity contribution in [2.24, 2.45) is 0 Å². The van der Waals surface area contributed by atoms with Gasteiger partial charge in [-0.2, -0.15) is 0 Å². The largest absolute Gasteiger partial charge is 0.501 e. The average Bonchev–Trinajstić information content (AvgIpc) is 2.28. The fourth-order valence-corrected chi connectivity index (χ4v) is 2.72. The fourth-order valence-electron chi connectivity index (χ4n) is 1.48. The molecule has 0 aliphatic heterocycles. The normalized spacial score (nSPS) is 13.7. The van der Waals surface area contributed by atoms with E-state index in [0.717, 1.165) is 5.76 Å². The van der Waals surface area contributed by atoms with Crippen LogP contribution in [0.4, 0.5) is 0 Å². The molecule has 2 heteroatoms. The molecule has 0 heterocycles. The van der Waals surface area contributed by atoms with Crippen molar-refractivity contribution < 1.29 is 4.74 Å². The number of allylic oxidation sites excluding steroid dienone is 3. The summed E-state index contributed by atoms with van der Waals surface area (Å²) in [5.74, 6) is 0.967. The Labute approximate surface area is 106 Å². The van der Waals surface area contributed by atoms with E-state index in [4.69, 9.17) is 4.74 Å². The topological polar surface area (TPSA) is 9.23 Å².